The van der Waals surface area contributed by atoms with Crippen molar-refractivity contribution in [1.29, 1.82) is 0 Å². The lowest BCUT2D eigenvalue weighted by molar-refractivity contribution is -0.139. The molecule has 0 saturated carbocycles. The molecule has 1 aromatic carbocycles. The summed E-state index contributed by atoms with van der Waals surface area (Å²) >= 11 is 0. The Kier molecular flexibility index (Phi) is 5.59. The van der Waals surface area contributed by atoms with Gasteiger partial charge in [0.25, 0.3) is 0 Å². The van der Waals surface area contributed by atoms with Crippen molar-refractivity contribution in [2.45, 2.75) is 12.6 Å². The van der Waals surface area contributed by atoms with Gasteiger partial charge in [0.05, 0.1) is 11.3 Å². The average molecular weight is 340 g/mol. The Morgan fingerprint density at radius 2 is 1.82 bits per heavy atom. The number of halogens is 5. The van der Waals surface area contributed by atoms with E-state index < -0.39 is 17.6 Å². The number of likely N-dealkylation sites (tertiary alicyclic amines) is 1. The zero-order valence-corrected chi connectivity index (χ0v) is 12.1. The highest BCUT2D eigenvalue weighted by Gasteiger charge is 2.33. The largest absolute Gasteiger partial charge is 0.419 e. The maximum atomic E-state index is 13.4. The third-order valence-electron chi connectivity index (χ3n) is 2.91. The van der Waals surface area contributed by atoms with Crippen LogP contribution in [0.1, 0.15) is 12.0 Å². The monoisotopic (exact) mass is 339 g/mol. The van der Waals surface area contributed by atoms with Crippen LogP contribution in [0.5, 0.6) is 0 Å². The van der Waals surface area contributed by atoms with Crippen LogP contribution in [0.4, 0.5) is 23.2 Å². The number of guanidine groups is 2. The van der Waals surface area contributed by atoms with Crippen molar-refractivity contribution in [3.63, 3.8) is 0 Å². The molecule has 1 aliphatic rings. The van der Waals surface area contributed by atoms with Crippen molar-refractivity contribution in [1.82, 2.24) is 4.90 Å². The van der Waals surface area contributed by atoms with E-state index in [0.717, 1.165) is 25.6 Å². The van der Waals surface area contributed by atoms with E-state index in [-0.39, 0.29) is 30.0 Å². The number of hydrogen-bond acceptors (Lipinski definition) is 1. The fraction of sp³-hybridized carbons (Fsp3) is 0.333. The predicted octanol–water partition coefficient (Wildman–Crippen LogP) is 2.23. The molecule has 1 aliphatic heterocycles. The Hall–Kier alpha value is -2.03. The number of hydrogen-bond donors (Lipinski definition) is 2. The summed E-state index contributed by atoms with van der Waals surface area (Å²) in [6, 6.07) is 2.25. The number of nitrogens with two attached hydrogens (primary N) is 2. The molecule has 0 radical (unpaired) electrons. The second-order valence-corrected chi connectivity index (χ2v) is 4.44. The van der Waals surface area contributed by atoms with Gasteiger partial charge >= 0.3 is 6.18 Å². The van der Waals surface area contributed by atoms with Crippen molar-refractivity contribution in [3.05, 3.63) is 29.6 Å². The van der Waals surface area contributed by atoms with Crippen LogP contribution >= 0.6 is 12.4 Å². The zero-order valence-electron chi connectivity index (χ0n) is 11.3. The Morgan fingerprint density at radius 3 is 2.27 bits per heavy atom. The fourth-order valence-electron chi connectivity index (χ4n) is 1.69. The molecular formula is C12H14ClF4N5. The van der Waals surface area contributed by atoms with E-state index in [2.05, 4.69) is 9.98 Å². The first-order chi connectivity index (χ1) is 9.77. The van der Waals surface area contributed by atoms with Crippen molar-refractivity contribution in [3.8, 4) is 0 Å². The van der Waals surface area contributed by atoms with Crippen LogP contribution in [-0.2, 0) is 6.18 Å². The molecule has 0 unspecified atom stereocenters. The van der Waals surface area contributed by atoms with Gasteiger partial charge in [0.15, 0.2) is 5.96 Å². The van der Waals surface area contributed by atoms with Gasteiger partial charge in [-0.25, -0.2) is 9.38 Å². The number of alkyl halides is 3. The van der Waals surface area contributed by atoms with Crippen LogP contribution in [0, 0.1) is 5.82 Å². The highest BCUT2D eigenvalue weighted by molar-refractivity contribution is 5.94. The average Bonchev–Trinajstić information content (AvgIpc) is 2.23. The van der Waals surface area contributed by atoms with Crippen molar-refractivity contribution < 1.29 is 17.6 Å². The SMILES string of the molecule is Cl.NC(=Nc1ccc(C(F)(F)F)c(F)c1)/N=C(/N)N1CCC1. The molecule has 4 N–H and O–H groups in total. The van der Waals surface area contributed by atoms with Gasteiger partial charge in [0.1, 0.15) is 5.82 Å². The maximum Gasteiger partial charge on any atom is 0.419 e. The van der Waals surface area contributed by atoms with Gasteiger partial charge in [-0.2, -0.15) is 18.2 Å². The molecule has 0 bridgehead atoms. The van der Waals surface area contributed by atoms with E-state index in [9.17, 15) is 17.6 Å². The molecule has 2 rings (SSSR count). The molecular weight excluding hydrogens is 326 g/mol. The highest BCUT2D eigenvalue weighted by Crippen LogP contribution is 2.32. The summed E-state index contributed by atoms with van der Waals surface area (Å²) in [5.74, 6) is -1.50. The second-order valence-electron chi connectivity index (χ2n) is 4.44. The van der Waals surface area contributed by atoms with Gasteiger partial charge in [-0.1, -0.05) is 0 Å². The molecule has 1 fully saturated rings. The molecule has 122 valence electrons. The van der Waals surface area contributed by atoms with E-state index in [1.807, 2.05) is 0 Å². The summed E-state index contributed by atoms with van der Waals surface area (Å²) in [5, 5.41) is 0. The first kappa shape index (κ1) is 18.0. The third kappa shape index (κ3) is 4.23. The Bertz CT molecular complexity index is 596. The molecule has 0 aromatic heterocycles. The van der Waals surface area contributed by atoms with Gasteiger partial charge in [-0.05, 0) is 18.6 Å². The van der Waals surface area contributed by atoms with Gasteiger partial charge < -0.3 is 16.4 Å². The predicted molar refractivity (Wildman–Crippen MR) is 77.7 cm³/mol. The fourth-order valence-corrected chi connectivity index (χ4v) is 1.69. The summed E-state index contributed by atoms with van der Waals surface area (Å²) in [6.45, 7) is 1.52. The summed E-state index contributed by atoms with van der Waals surface area (Å²) in [7, 11) is 0. The van der Waals surface area contributed by atoms with Crippen LogP contribution in [0.2, 0.25) is 0 Å². The van der Waals surface area contributed by atoms with E-state index in [1.54, 1.807) is 4.90 Å². The number of aliphatic imine (C=N–C) groups is 2. The van der Waals surface area contributed by atoms with Gasteiger partial charge in [-0.15, -0.1) is 12.4 Å². The van der Waals surface area contributed by atoms with Crippen LogP contribution in [-0.4, -0.2) is 29.9 Å². The highest BCUT2D eigenvalue weighted by atomic mass is 35.5. The van der Waals surface area contributed by atoms with E-state index >= 15 is 0 Å². The number of benzene rings is 1. The summed E-state index contributed by atoms with van der Waals surface area (Å²) in [5.41, 5.74) is 9.72. The van der Waals surface area contributed by atoms with Gasteiger partial charge in [-0.3, -0.25) is 0 Å². The second kappa shape index (κ2) is 6.82. The minimum Gasteiger partial charge on any atom is -0.369 e. The summed E-state index contributed by atoms with van der Waals surface area (Å²) < 4.78 is 50.6. The Morgan fingerprint density at radius 1 is 1.18 bits per heavy atom. The first-order valence-corrected chi connectivity index (χ1v) is 6.07. The molecule has 0 aliphatic carbocycles. The summed E-state index contributed by atoms with van der Waals surface area (Å²) in [6.07, 6.45) is -3.75. The van der Waals surface area contributed by atoms with Crippen LogP contribution < -0.4 is 11.5 Å². The molecule has 10 heteroatoms. The molecule has 0 spiro atoms. The molecule has 1 heterocycles. The number of rotatable bonds is 1. The van der Waals surface area contributed by atoms with Crippen molar-refractivity contribution in [2.24, 2.45) is 21.5 Å². The Labute approximate surface area is 130 Å². The van der Waals surface area contributed by atoms with Crippen LogP contribution in [0.15, 0.2) is 28.2 Å². The topological polar surface area (TPSA) is 80.0 Å². The minimum absolute atomic E-state index is 0. The lowest BCUT2D eigenvalue weighted by Gasteiger charge is -2.31. The molecule has 0 atom stereocenters. The first-order valence-electron chi connectivity index (χ1n) is 6.07. The van der Waals surface area contributed by atoms with Crippen molar-refractivity contribution in [2.75, 3.05) is 13.1 Å². The molecule has 0 amide bonds. The van der Waals surface area contributed by atoms with Gasteiger partial charge in [0.2, 0.25) is 5.96 Å². The smallest absolute Gasteiger partial charge is 0.369 e. The molecule has 5 nitrogen and oxygen atoms in total. The molecule has 1 aromatic rings. The zero-order chi connectivity index (χ0) is 15.6. The maximum absolute atomic E-state index is 13.4. The lowest BCUT2D eigenvalue weighted by Crippen LogP contribution is -2.47. The third-order valence-corrected chi connectivity index (χ3v) is 2.91. The lowest BCUT2D eigenvalue weighted by atomic mass is 10.2. The van der Waals surface area contributed by atoms with Crippen LogP contribution in [0.25, 0.3) is 0 Å². The standard InChI is InChI=1S/C12H13F4N5.ClH/c13-9-6-7(2-3-8(9)12(14,15)16)19-10(17)20-11(18)21-4-1-5-21;/h2-3,6H,1,4-5H2,(H4,17,18,19,20);1H. The normalized spacial score (nSPS) is 16.1. The van der Waals surface area contributed by atoms with E-state index in [1.165, 1.54) is 0 Å². The summed E-state index contributed by atoms with van der Waals surface area (Å²) in [4.78, 5) is 9.27. The molecule has 1 saturated heterocycles. The Balaban J connectivity index is 0.00000242. The van der Waals surface area contributed by atoms with Crippen LogP contribution in [0.3, 0.4) is 0 Å². The van der Waals surface area contributed by atoms with Crippen molar-refractivity contribution >= 4 is 30.0 Å². The van der Waals surface area contributed by atoms with E-state index in [0.29, 0.717) is 12.1 Å². The van der Waals surface area contributed by atoms with Gasteiger partial charge in [0, 0.05) is 19.2 Å². The quantitative estimate of drug-likeness (QED) is 0.468. The number of nitrogens with zero attached hydrogens (tertiary/aromatic N) is 3. The molecule has 22 heavy (non-hydrogen) atoms. The van der Waals surface area contributed by atoms with E-state index in [4.69, 9.17) is 11.5 Å². The minimum atomic E-state index is -4.75.